The fourth-order valence-electron chi connectivity index (χ4n) is 7.19. The van der Waals surface area contributed by atoms with Crippen molar-refractivity contribution in [3.05, 3.63) is 91.1 Å². The highest BCUT2D eigenvalue weighted by Crippen LogP contribution is 2.44. The lowest BCUT2D eigenvalue weighted by Gasteiger charge is -2.45. The van der Waals surface area contributed by atoms with Crippen molar-refractivity contribution in [3.63, 3.8) is 0 Å². The van der Waals surface area contributed by atoms with Crippen LogP contribution in [0, 0.1) is 25.2 Å². The maximum Gasteiger partial charge on any atom is 0.416 e. The van der Waals surface area contributed by atoms with E-state index in [0.717, 1.165) is 23.2 Å². The Morgan fingerprint density at radius 3 is 2.53 bits per heavy atom. The molecule has 1 fully saturated rings. The van der Waals surface area contributed by atoms with Crippen molar-refractivity contribution >= 4 is 46.2 Å². The molecule has 1 saturated heterocycles. The standard InChI is InChI=1S/C34H29ClF3N9O3S/c1-18-12-23(42-17-41-18)30(49)45-10-8-33(9-11-45)7-3-4-24-28(33)31(50)47-25(14-39)29(26-15-40-19(2)51-26)44-32(47)46(24)16-27(48)43-22-6-5-20(13-21(22)35)34(36,37)38/h5-6,12-13,15,17H,3-4,7-11,16H2,1-2H3,(H,43,48). The average Bonchev–Trinajstić information content (AvgIpc) is 3.70. The summed E-state index contributed by atoms with van der Waals surface area (Å²) < 4.78 is 42.6. The molecule has 1 aliphatic heterocycles. The van der Waals surface area contributed by atoms with Gasteiger partial charge in [0.2, 0.25) is 11.7 Å². The van der Waals surface area contributed by atoms with Crippen molar-refractivity contribution in [2.45, 2.75) is 64.1 Å². The monoisotopic (exact) mass is 735 g/mol. The Balaban J connectivity index is 1.31. The van der Waals surface area contributed by atoms with Crippen LogP contribution >= 0.6 is 22.9 Å². The first kappa shape index (κ1) is 34.3. The molecule has 4 aromatic heterocycles. The first-order chi connectivity index (χ1) is 24.3. The summed E-state index contributed by atoms with van der Waals surface area (Å²) >= 11 is 7.45. The normalized spacial score (nSPS) is 15.5. The van der Waals surface area contributed by atoms with Crippen LogP contribution in [0.15, 0.2) is 41.6 Å². The van der Waals surface area contributed by atoms with Gasteiger partial charge in [-0.05, 0) is 70.2 Å². The maximum atomic E-state index is 14.7. The number of halogens is 4. The van der Waals surface area contributed by atoms with Gasteiger partial charge in [0.05, 0.1) is 26.2 Å². The number of hydrogen-bond donors (Lipinski definition) is 1. The van der Waals surface area contributed by atoms with E-state index >= 15 is 0 Å². The van der Waals surface area contributed by atoms with Crippen molar-refractivity contribution in [3.8, 4) is 16.6 Å². The van der Waals surface area contributed by atoms with E-state index in [-0.39, 0.29) is 46.0 Å². The number of nitriles is 1. The van der Waals surface area contributed by atoms with Crippen molar-refractivity contribution < 1.29 is 22.8 Å². The van der Waals surface area contributed by atoms with Crippen molar-refractivity contribution in [2.75, 3.05) is 18.4 Å². The lowest BCUT2D eigenvalue weighted by Crippen LogP contribution is -2.50. The highest BCUT2D eigenvalue weighted by atomic mass is 35.5. The lowest BCUT2D eigenvalue weighted by molar-refractivity contribution is -0.137. The Morgan fingerprint density at radius 2 is 1.88 bits per heavy atom. The molecule has 0 unspecified atom stereocenters. The summed E-state index contributed by atoms with van der Waals surface area (Å²) in [5.74, 6) is -0.779. The molecule has 1 aliphatic carbocycles. The predicted molar refractivity (Wildman–Crippen MR) is 182 cm³/mol. The molecular weight excluding hydrogens is 707 g/mol. The number of amides is 2. The summed E-state index contributed by atoms with van der Waals surface area (Å²) in [6.45, 7) is 3.91. The van der Waals surface area contributed by atoms with E-state index in [9.17, 15) is 32.8 Å². The summed E-state index contributed by atoms with van der Waals surface area (Å²) in [4.78, 5) is 61.2. The van der Waals surface area contributed by atoms with E-state index in [2.05, 4.69) is 26.3 Å². The molecular formula is C34H29ClF3N9O3S. The van der Waals surface area contributed by atoms with E-state index < -0.39 is 28.6 Å². The van der Waals surface area contributed by atoms with Gasteiger partial charge in [0.15, 0.2) is 5.69 Å². The Kier molecular flexibility index (Phi) is 8.67. The minimum absolute atomic E-state index is 0.00568. The minimum Gasteiger partial charge on any atom is -0.337 e. The first-order valence-electron chi connectivity index (χ1n) is 16.1. The maximum absolute atomic E-state index is 14.7. The zero-order chi connectivity index (χ0) is 36.2. The first-order valence-corrected chi connectivity index (χ1v) is 17.2. The molecule has 1 spiro atoms. The SMILES string of the molecule is Cc1cc(C(=O)N2CCC3(CCCc4c3c(=O)n3c(C#N)c(-c5cnc(C)s5)nc3n4CC(=O)Nc3ccc(C(F)(F)F)cc3Cl)CC2)ncn1. The predicted octanol–water partition coefficient (Wildman–Crippen LogP) is 5.72. The van der Waals surface area contributed by atoms with Gasteiger partial charge in [-0.15, -0.1) is 11.3 Å². The summed E-state index contributed by atoms with van der Waals surface area (Å²) in [7, 11) is 0. The number of piperidine rings is 1. The summed E-state index contributed by atoms with van der Waals surface area (Å²) in [5.41, 5.74) is 0.189. The number of rotatable bonds is 5. The van der Waals surface area contributed by atoms with Gasteiger partial charge in [0.25, 0.3) is 11.5 Å². The highest BCUT2D eigenvalue weighted by molar-refractivity contribution is 7.15. The van der Waals surface area contributed by atoms with Gasteiger partial charge >= 0.3 is 6.18 Å². The number of nitrogens with zero attached hydrogens (tertiary/aromatic N) is 8. The average molecular weight is 736 g/mol. The Bertz CT molecular complexity index is 2340. The molecule has 0 radical (unpaired) electrons. The number of imidazole rings is 1. The number of hydrogen-bond acceptors (Lipinski definition) is 9. The van der Waals surface area contributed by atoms with Crippen LogP contribution in [0.2, 0.25) is 5.02 Å². The number of likely N-dealkylation sites (tertiary alicyclic amines) is 1. The van der Waals surface area contributed by atoms with Gasteiger partial charge in [-0.3, -0.25) is 14.4 Å². The number of anilines is 1. The molecule has 0 saturated carbocycles. The quantitative estimate of drug-likeness (QED) is 0.241. The molecule has 0 atom stereocenters. The van der Waals surface area contributed by atoms with Crippen molar-refractivity contribution in [1.29, 1.82) is 5.26 Å². The largest absolute Gasteiger partial charge is 0.416 e. The third kappa shape index (κ3) is 6.14. The lowest BCUT2D eigenvalue weighted by atomic mass is 9.66. The van der Waals surface area contributed by atoms with E-state index in [0.29, 0.717) is 67.0 Å². The smallest absolute Gasteiger partial charge is 0.337 e. The van der Waals surface area contributed by atoms with Crippen molar-refractivity contribution in [2.24, 2.45) is 0 Å². The molecule has 5 aromatic rings. The number of carbonyl (C=O) groups excluding carboxylic acids is 2. The Morgan fingerprint density at radius 1 is 1.12 bits per heavy atom. The van der Waals surface area contributed by atoms with E-state index in [1.807, 2.05) is 0 Å². The summed E-state index contributed by atoms with van der Waals surface area (Å²) in [5, 5.41) is 13.4. The Labute approximate surface area is 297 Å². The molecule has 7 rings (SSSR count). The fourth-order valence-corrected chi connectivity index (χ4v) is 8.19. The number of fused-ring (bicyclic) bond motifs is 3. The van der Waals surface area contributed by atoms with E-state index in [1.54, 1.807) is 35.6 Å². The molecule has 1 aromatic carbocycles. The van der Waals surface area contributed by atoms with Crippen LogP contribution in [0.25, 0.3) is 16.3 Å². The number of aryl methyl sites for hydroxylation is 2. The van der Waals surface area contributed by atoms with E-state index in [4.69, 9.17) is 16.6 Å². The van der Waals surface area contributed by atoms with Gasteiger partial charge in [-0.25, -0.2) is 24.3 Å². The summed E-state index contributed by atoms with van der Waals surface area (Å²) in [6, 6.07) is 6.42. The second kappa shape index (κ2) is 12.9. The van der Waals surface area contributed by atoms with Crippen LogP contribution in [-0.4, -0.2) is 58.7 Å². The van der Waals surface area contributed by atoms with Crippen LogP contribution < -0.4 is 10.9 Å². The molecule has 262 valence electrons. The van der Waals surface area contributed by atoms with Gasteiger partial charge in [0.1, 0.15) is 30.3 Å². The Hall–Kier alpha value is -5.14. The molecule has 1 N–H and O–H groups in total. The molecule has 2 amide bonds. The van der Waals surface area contributed by atoms with Gasteiger partial charge in [-0.2, -0.15) is 18.4 Å². The summed E-state index contributed by atoms with van der Waals surface area (Å²) in [6.07, 6.45) is 0.993. The number of thiazole rings is 1. The molecule has 51 heavy (non-hydrogen) atoms. The van der Waals surface area contributed by atoms with Crippen LogP contribution in [0.3, 0.4) is 0 Å². The molecule has 12 nitrogen and oxygen atoms in total. The molecule has 17 heteroatoms. The molecule has 2 aliphatic rings. The number of alkyl halides is 3. The third-order valence-corrected chi connectivity index (χ3v) is 10.8. The van der Waals surface area contributed by atoms with Crippen LogP contribution in [0.5, 0.6) is 0 Å². The number of carbonyl (C=O) groups is 2. The van der Waals surface area contributed by atoms with Gasteiger partial charge in [0, 0.05) is 41.7 Å². The second-order valence-corrected chi connectivity index (χ2v) is 14.4. The molecule has 5 heterocycles. The van der Waals surface area contributed by atoms with Crippen LogP contribution in [-0.2, 0) is 29.4 Å². The second-order valence-electron chi connectivity index (χ2n) is 12.7. The van der Waals surface area contributed by atoms with Gasteiger partial charge < -0.3 is 14.8 Å². The minimum atomic E-state index is -4.62. The zero-order valence-corrected chi connectivity index (χ0v) is 28.9. The number of benzene rings is 1. The topological polar surface area (TPSA) is 151 Å². The van der Waals surface area contributed by atoms with Crippen LogP contribution in [0.4, 0.5) is 18.9 Å². The molecule has 0 bridgehead atoms. The van der Waals surface area contributed by atoms with E-state index in [1.165, 1.54) is 22.1 Å². The van der Waals surface area contributed by atoms with Crippen molar-refractivity contribution in [1.82, 2.24) is 33.8 Å². The van der Waals surface area contributed by atoms with Crippen LogP contribution in [0.1, 0.15) is 69.4 Å². The van der Waals surface area contributed by atoms with Gasteiger partial charge in [-0.1, -0.05) is 11.6 Å². The number of aromatic nitrogens is 6. The zero-order valence-electron chi connectivity index (χ0n) is 27.3. The highest BCUT2D eigenvalue weighted by Gasteiger charge is 2.45. The third-order valence-electron chi connectivity index (χ3n) is 9.60. The fraction of sp³-hybridized carbons (Fsp3) is 0.353. The number of nitrogens with one attached hydrogen (secondary N) is 1.